The van der Waals surface area contributed by atoms with E-state index in [0.717, 1.165) is 16.7 Å². The molecule has 4 heteroatoms. The summed E-state index contributed by atoms with van der Waals surface area (Å²) in [4.78, 5) is 28.5. The summed E-state index contributed by atoms with van der Waals surface area (Å²) in [5.41, 5.74) is 3.16. The molecular weight excluding hydrogens is 396 g/mol. The van der Waals surface area contributed by atoms with Crippen LogP contribution in [0.15, 0.2) is 91.0 Å². The van der Waals surface area contributed by atoms with Gasteiger partial charge >= 0.3 is 0 Å². The first-order valence-corrected chi connectivity index (χ1v) is 11.2. The van der Waals surface area contributed by atoms with Gasteiger partial charge in [-0.2, -0.15) is 0 Å². The van der Waals surface area contributed by atoms with Crippen LogP contribution in [-0.2, 0) is 29.0 Å². The number of amides is 2. The molecule has 0 unspecified atom stereocenters. The van der Waals surface area contributed by atoms with E-state index in [0.29, 0.717) is 25.8 Å². The van der Waals surface area contributed by atoms with E-state index in [1.54, 1.807) is 4.90 Å². The van der Waals surface area contributed by atoms with Gasteiger partial charge in [0.2, 0.25) is 11.8 Å². The van der Waals surface area contributed by atoms with Gasteiger partial charge in [0.25, 0.3) is 0 Å². The van der Waals surface area contributed by atoms with E-state index < -0.39 is 6.04 Å². The lowest BCUT2D eigenvalue weighted by Crippen LogP contribution is -2.51. The maximum Gasteiger partial charge on any atom is 0.243 e. The van der Waals surface area contributed by atoms with Crippen molar-refractivity contribution in [1.29, 1.82) is 0 Å². The van der Waals surface area contributed by atoms with E-state index >= 15 is 0 Å². The summed E-state index contributed by atoms with van der Waals surface area (Å²) >= 11 is 0. The van der Waals surface area contributed by atoms with E-state index in [1.165, 1.54) is 0 Å². The fraction of sp³-hybridized carbons (Fsp3) is 0.286. The van der Waals surface area contributed by atoms with Crippen molar-refractivity contribution >= 4 is 11.8 Å². The fourth-order valence-corrected chi connectivity index (χ4v) is 3.75. The highest BCUT2D eigenvalue weighted by molar-refractivity contribution is 5.88. The second kappa shape index (κ2) is 11.8. The topological polar surface area (TPSA) is 49.4 Å². The lowest BCUT2D eigenvalue weighted by atomic mass is 10.0. The van der Waals surface area contributed by atoms with Gasteiger partial charge in [-0.25, -0.2) is 0 Å². The predicted molar refractivity (Wildman–Crippen MR) is 129 cm³/mol. The second-order valence-electron chi connectivity index (χ2n) is 8.36. The Bertz CT molecular complexity index is 972. The molecule has 1 atom stereocenters. The molecule has 1 N–H and O–H groups in total. The van der Waals surface area contributed by atoms with E-state index in [1.807, 2.05) is 105 Å². The molecule has 0 spiro atoms. The zero-order valence-electron chi connectivity index (χ0n) is 18.9. The normalized spacial score (nSPS) is 11.7. The Labute approximate surface area is 191 Å². The summed E-state index contributed by atoms with van der Waals surface area (Å²) in [6, 6.07) is 29.2. The monoisotopic (exact) mass is 428 g/mol. The summed E-state index contributed by atoms with van der Waals surface area (Å²) in [6.45, 7) is 4.28. The van der Waals surface area contributed by atoms with Crippen LogP contribution in [0.3, 0.4) is 0 Å². The molecule has 166 valence electrons. The molecule has 32 heavy (non-hydrogen) atoms. The number of carbonyl (C=O) groups is 2. The highest BCUT2D eigenvalue weighted by atomic mass is 16.2. The minimum absolute atomic E-state index is 0.00114. The molecule has 0 bridgehead atoms. The molecule has 0 fully saturated rings. The number of nitrogens with one attached hydrogen (secondary N) is 1. The number of carbonyl (C=O) groups excluding carboxylic acids is 2. The summed E-state index contributed by atoms with van der Waals surface area (Å²) in [5.74, 6) is -0.134. The zero-order valence-corrected chi connectivity index (χ0v) is 18.9. The molecule has 0 aliphatic carbocycles. The maximum atomic E-state index is 13.5. The highest BCUT2D eigenvalue weighted by Crippen LogP contribution is 2.17. The van der Waals surface area contributed by atoms with Gasteiger partial charge in [-0.05, 0) is 37.0 Å². The van der Waals surface area contributed by atoms with Crippen molar-refractivity contribution in [2.75, 3.05) is 0 Å². The van der Waals surface area contributed by atoms with Crippen LogP contribution in [0, 0.1) is 0 Å². The summed E-state index contributed by atoms with van der Waals surface area (Å²) in [7, 11) is 0. The number of hydrogen-bond acceptors (Lipinski definition) is 2. The SMILES string of the molecule is CC(C)NC(=O)[C@@H](Cc1ccccc1)N(Cc1ccccc1)C(=O)CCc1ccccc1. The first-order valence-electron chi connectivity index (χ1n) is 11.2. The Morgan fingerprint density at radius 2 is 1.25 bits per heavy atom. The van der Waals surface area contributed by atoms with E-state index in [2.05, 4.69) is 5.32 Å². The van der Waals surface area contributed by atoms with Gasteiger partial charge in [0.15, 0.2) is 0 Å². The molecule has 0 aliphatic heterocycles. The molecule has 0 aromatic heterocycles. The number of aryl methyl sites for hydroxylation is 1. The smallest absolute Gasteiger partial charge is 0.243 e. The molecule has 3 aromatic rings. The molecule has 3 aromatic carbocycles. The minimum Gasteiger partial charge on any atom is -0.352 e. The third-order valence-corrected chi connectivity index (χ3v) is 5.37. The Kier molecular flexibility index (Phi) is 8.61. The standard InChI is InChI=1S/C28H32N2O2/c1-22(2)29-28(32)26(20-24-14-8-4-9-15-24)30(21-25-16-10-5-11-17-25)27(31)19-18-23-12-6-3-7-13-23/h3-17,22,26H,18-21H2,1-2H3,(H,29,32)/t26-/m1/s1. The van der Waals surface area contributed by atoms with Gasteiger partial charge in [0.05, 0.1) is 0 Å². The van der Waals surface area contributed by atoms with Crippen LogP contribution in [0.1, 0.15) is 37.0 Å². The van der Waals surface area contributed by atoms with Gasteiger partial charge in [0, 0.05) is 25.4 Å². The van der Waals surface area contributed by atoms with Crippen LogP contribution in [0.25, 0.3) is 0 Å². The van der Waals surface area contributed by atoms with Crippen molar-refractivity contribution in [2.24, 2.45) is 0 Å². The molecule has 0 saturated carbocycles. The highest BCUT2D eigenvalue weighted by Gasteiger charge is 2.30. The number of hydrogen-bond donors (Lipinski definition) is 1. The van der Waals surface area contributed by atoms with Crippen LogP contribution in [-0.4, -0.2) is 28.8 Å². The van der Waals surface area contributed by atoms with Crippen LogP contribution in [0.4, 0.5) is 0 Å². The average molecular weight is 429 g/mol. The van der Waals surface area contributed by atoms with Crippen molar-refractivity contribution in [3.63, 3.8) is 0 Å². The van der Waals surface area contributed by atoms with Crippen molar-refractivity contribution < 1.29 is 9.59 Å². The van der Waals surface area contributed by atoms with Gasteiger partial charge in [-0.15, -0.1) is 0 Å². The Hall–Kier alpha value is -3.40. The first-order chi connectivity index (χ1) is 15.5. The molecule has 0 radical (unpaired) electrons. The quantitative estimate of drug-likeness (QED) is 0.505. The van der Waals surface area contributed by atoms with Crippen molar-refractivity contribution in [1.82, 2.24) is 10.2 Å². The molecule has 4 nitrogen and oxygen atoms in total. The molecule has 2 amide bonds. The lowest BCUT2D eigenvalue weighted by Gasteiger charge is -2.32. The molecule has 3 rings (SSSR count). The van der Waals surface area contributed by atoms with Crippen molar-refractivity contribution in [2.45, 2.75) is 51.7 Å². The second-order valence-corrected chi connectivity index (χ2v) is 8.36. The van der Waals surface area contributed by atoms with E-state index in [9.17, 15) is 9.59 Å². The van der Waals surface area contributed by atoms with E-state index in [4.69, 9.17) is 0 Å². The molecule has 0 saturated heterocycles. The largest absolute Gasteiger partial charge is 0.352 e. The predicted octanol–water partition coefficient (Wildman–Crippen LogP) is 4.78. The van der Waals surface area contributed by atoms with Crippen LogP contribution < -0.4 is 5.32 Å². The molecule has 0 heterocycles. The number of benzene rings is 3. The third-order valence-electron chi connectivity index (χ3n) is 5.37. The zero-order chi connectivity index (χ0) is 22.8. The van der Waals surface area contributed by atoms with Gasteiger partial charge < -0.3 is 10.2 Å². The van der Waals surface area contributed by atoms with Gasteiger partial charge in [-0.1, -0.05) is 91.0 Å². The first kappa shape index (κ1) is 23.3. The number of nitrogens with zero attached hydrogens (tertiary/aromatic N) is 1. The molecule has 0 aliphatic rings. The fourth-order valence-electron chi connectivity index (χ4n) is 3.75. The van der Waals surface area contributed by atoms with Crippen molar-refractivity contribution in [3.8, 4) is 0 Å². The Balaban J connectivity index is 1.87. The van der Waals surface area contributed by atoms with Gasteiger partial charge in [0.1, 0.15) is 6.04 Å². The van der Waals surface area contributed by atoms with E-state index in [-0.39, 0.29) is 17.9 Å². The third kappa shape index (κ3) is 7.09. The molecular formula is C28H32N2O2. The van der Waals surface area contributed by atoms with Crippen LogP contribution in [0.5, 0.6) is 0 Å². The summed E-state index contributed by atoms with van der Waals surface area (Å²) in [5, 5.41) is 3.03. The Morgan fingerprint density at radius 1 is 0.750 bits per heavy atom. The maximum absolute atomic E-state index is 13.5. The minimum atomic E-state index is -0.580. The average Bonchev–Trinajstić information content (AvgIpc) is 2.81. The Morgan fingerprint density at radius 3 is 1.78 bits per heavy atom. The lowest BCUT2D eigenvalue weighted by molar-refractivity contribution is -0.141. The summed E-state index contributed by atoms with van der Waals surface area (Å²) in [6.07, 6.45) is 1.48. The van der Waals surface area contributed by atoms with Gasteiger partial charge in [-0.3, -0.25) is 9.59 Å². The summed E-state index contributed by atoms with van der Waals surface area (Å²) < 4.78 is 0. The van der Waals surface area contributed by atoms with Crippen molar-refractivity contribution in [3.05, 3.63) is 108 Å². The van der Waals surface area contributed by atoms with Crippen LogP contribution in [0.2, 0.25) is 0 Å². The number of rotatable bonds is 10. The van der Waals surface area contributed by atoms with Crippen LogP contribution >= 0.6 is 0 Å².